The molecular weight excluding hydrogens is 312 g/mol. The summed E-state index contributed by atoms with van der Waals surface area (Å²) < 4.78 is 5.31. The number of carbonyl (C=O) groups is 2. The van der Waals surface area contributed by atoms with Crippen molar-refractivity contribution in [2.24, 2.45) is 0 Å². The molecule has 2 aliphatic heterocycles. The van der Waals surface area contributed by atoms with Crippen molar-refractivity contribution in [2.75, 3.05) is 32.8 Å². The second-order valence-corrected chi connectivity index (χ2v) is 6.65. The first kappa shape index (κ1) is 16.2. The first-order valence-corrected chi connectivity index (χ1v) is 9.07. The second-order valence-electron chi connectivity index (χ2n) is 5.87. The number of carbonyl (C=O) groups excluding carboxylic acids is 2. The number of hydrogen-bond acceptors (Lipinski definition) is 4. The Hall–Kier alpha value is -1.66. The van der Waals surface area contributed by atoms with Crippen LogP contribution in [0.3, 0.4) is 0 Å². The van der Waals surface area contributed by atoms with Gasteiger partial charge in [0.1, 0.15) is 6.04 Å². The minimum Gasteiger partial charge on any atom is -0.378 e. The highest BCUT2D eigenvalue weighted by atomic mass is 32.1. The summed E-state index contributed by atoms with van der Waals surface area (Å²) >= 11 is 1.60. The van der Waals surface area contributed by atoms with Crippen LogP contribution in [0, 0.1) is 0 Å². The van der Waals surface area contributed by atoms with Crippen LogP contribution in [0.25, 0.3) is 6.08 Å². The lowest BCUT2D eigenvalue weighted by Crippen LogP contribution is -2.54. The highest BCUT2D eigenvalue weighted by molar-refractivity contribution is 7.08. The maximum Gasteiger partial charge on any atom is 0.247 e. The Morgan fingerprint density at radius 2 is 2.04 bits per heavy atom. The molecule has 0 aromatic carbocycles. The van der Waals surface area contributed by atoms with Gasteiger partial charge in [-0.25, -0.2) is 0 Å². The molecule has 0 saturated carbocycles. The molecule has 0 N–H and O–H groups in total. The third-order valence-corrected chi connectivity index (χ3v) is 5.06. The van der Waals surface area contributed by atoms with Gasteiger partial charge in [-0.05, 0) is 47.7 Å². The molecule has 0 bridgehead atoms. The van der Waals surface area contributed by atoms with Crippen molar-refractivity contribution in [3.63, 3.8) is 0 Å². The van der Waals surface area contributed by atoms with Gasteiger partial charge in [0, 0.05) is 25.7 Å². The van der Waals surface area contributed by atoms with E-state index in [9.17, 15) is 9.59 Å². The first-order valence-electron chi connectivity index (χ1n) is 8.13. The molecule has 0 aliphatic carbocycles. The molecule has 0 spiro atoms. The van der Waals surface area contributed by atoms with Crippen molar-refractivity contribution in [2.45, 2.75) is 25.3 Å². The minimum atomic E-state index is -0.318. The maximum absolute atomic E-state index is 12.8. The molecule has 6 heteroatoms. The van der Waals surface area contributed by atoms with Gasteiger partial charge >= 0.3 is 0 Å². The molecule has 124 valence electrons. The van der Waals surface area contributed by atoms with Gasteiger partial charge in [-0.15, -0.1) is 0 Å². The molecule has 1 aromatic heterocycles. The summed E-state index contributed by atoms with van der Waals surface area (Å²) in [6.45, 7) is 3.09. The first-order chi connectivity index (χ1) is 11.3. The molecule has 2 amide bonds. The fourth-order valence-electron chi connectivity index (χ4n) is 3.08. The molecule has 2 aliphatic rings. The second kappa shape index (κ2) is 7.75. The van der Waals surface area contributed by atoms with Crippen LogP contribution in [0.4, 0.5) is 0 Å². The Morgan fingerprint density at radius 3 is 2.78 bits per heavy atom. The highest BCUT2D eigenvalue weighted by Crippen LogP contribution is 2.20. The van der Waals surface area contributed by atoms with E-state index in [1.165, 1.54) is 0 Å². The monoisotopic (exact) mass is 334 g/mol. The van der Waals surface area contributed by atoms with Crippen molar-refractivity contribution in [3.05, 3.63) is 28.5 Å². The molecule has 0 radical (unpaired) electrons. The van der Waals surface area contributed by atoms with Gasteiger partial charge in [0.05, 0.1) is 13.2 Å². The third-order valence-electron chi connectivity index (χ3n) is 4.36. The van der Waals surface area contributed by atoms with Gasteiger partial charge in [-0.2, -0.15) is 11.3 Å². The fraction of sp³-hybridized carbons (Fsp3) is 0.529. The van der Waals surface area contributed by atoms with Crippen molar-refractivity contribution in [3.8, 4) is 0 Å². The normalized spacial score (nSPS) is 22.5. The predicted octanol–water partition coefficient (Wildman–Crippen LogP) is 2.00. The van der Waals surface area contributed by atoms with E-state index in [-0.39, 0.29) is 17.9 Å². The SMILES string of the molecule is O=C([C@@H]1CCCCN1C(=O)/C=C/c1ccsc1)N1CCOCC1. The standard InChI is InChI=1S/C17H22N2O3S/c20-16(5-4-14-6-12-23-13-14)19-7-2-1-3-15(19)17(21)18-8-10-22-11-9-18/h4-6,12-13,15H,1-3,7-11H2/b5-4+/t15-/m0/s1. The summed E-state index contributed by atoms with van der Waals surface area (Å²) in [5.74, 6) is 0.00722. The van der Waals surface area contributed by atoms with Crippen molar-refractivity contribution < 1.29 is 14.3 Å². The lowest BCUT2D eigenvalue weighted by molar-refractivity contribution is -0.148. The molecule has 0 unspecified atom stereocenters. The van der Waals surface area contributed by atoms with Crippen LogP contribution in [-0.4, -0.2) is 60.5 Å². The largest absolute Gasteiger partial charge is 0.378 e. The zero-order valence-electron chi connectivity index (χ0n) is 13.1. The van der Waals surface area contributed by atoms with Crippen LogP contribution in [-0.2, 0) is 14.3 Å². The molecule has 5 nitrogen and oxygen atoms in total. The van der Waals surface area contributed by atoms with Crippen LogP contribution in [0.1, 0.15) is 24.8 Å². The average molecular weight is 334 g/mol. The molecule has 2 fully saturated rings. The van der Waals surface area contributed by atoms with E-state index < -0.39 is 0 Å². The zero-order chi connectivity index (χ0) is 16.1. The van der Waals surface area contributed by atoms with Crippen LogP contribution >= 0.6 is 11.3 Å². The van der Waals surface area contributed by atoms with E-state index in [2.05, 4.69) is 0 Å². The van der Waals surface area contributed by atoms with Gasteiger partial charge in [0.25, 0.3) is 0 Å². The molecule has 23 heavy (non-hydrogen) atoms. The van der Waals surface area contributed by atoms with Crippen LogP contribution in [0.15, 0.2) is 22.9 Å². The average Bonchev–Trinajstić information content (AvgIpc) is 3.13. The van der Waals surface area contributed by atoms with Crippen LogP contribution in [0.5, 0.6) is 0 Å². The summed E-state index contributed by atoms with van der Waals surface area (Å²) in [7, 11) is 0. The van der Waals surface area contributed by atoms with Crippen molar-refractivity contribution in [1.29, 1.82) is 0 Å². The number of morpholine rings is 1. The summed E-state index contributed by atoms with van der Waals surface area (Å²) in [6.07, 6.45) is 6.13. The summed E-state index contributed by atoms with van der Waals surface area (Å²) in [6, 6.07) is 1.66. The lowest BCUT2D eigenvalue weighted by atomic mass is 10.0. The Balaban J connectivity index is 1.67. The number of thiophene rings is 1. The smallest absolute Gasteiger partial charge is 0.247 e. The molecule has 3 rings (SSSR count). The van der Waals surface area contributed by atoms with E-state index in [4.69, 9.17) is 4.74 Å². The summed E-state index contributed by atoms with van der Waals surface area (Å²) in [5.41, 5.74) is 1.02. The maximum atomic E-state index is 12.8. The number of likely N-dealkylation sites (tertiary alicyclic amines) is 1. The topological polar surface area (TPSA) is 49.9 Å². The van der Waals surface area contributed by atoms with Gasteiger partial charge in [0.15, 0.2) is 0 Å². The molecule has 2 saturated heterocycles. The Labute approximate surface area is 140 Å². The zero-order valence-corrected chi connectivity index (χ0v) is 14.0. The quantitative estimate of drug-likeness (QED) is 0.795. The van der Waals surface area contributed by atoms with E-state index in [1.807, 2.05) is 27.8 Å². The number of rotatable bonds is 3. The van der Waals surface area contributed by atoms with E-state index in [0.717, 1.165) is 24.8 Å². The number of nitrogens with zero attached hydrogens (tertiary/aromatic N) is 2. The van der Waals surface area contributed by atoms with Gasteiger partial charge < -0.3 is 14.5 Å². The summed E-state index contributed by atoms with van der Waals surface area (Å²) in [4.78, 5) is 28.9. The van der Waals surface area contributed by atoms with E-state index in [0.29, 0.717) is 32.8 Å². The van der Waals surface area contributed by atoms with Crippen molar-refractivity contribution in [1.82, 2.24) is 9.80 Å². The van der Waals surface area contributed by atoms with Gasteiger partial charge in [0.2, 0.25) is 11.8 Å². The van der Waals surface area contributed by atoms with Gasteiger partial charge in [-0.1, -0.05) is 0 Å². The Bertz CT molecular complexity index is 564. The van der Waals surface area contributed by atoms with Crippen LogP contribution in [0.2, 0.25) is 0 Å². The molecule has 3 heterocycles. The Morgan fingerprint density at radius 1 is 1.22 bits per heavy atom. The molecule has 1 aromatic rings. The van der Waals surface area contributed by atoms with E-state index >= 15 is 0 Å². The summed E-state index contributed by atoms with van der Waals surface area (Å²) in [5, 5.41) is 3.98. The number of amides is 2. The Kier molecular flexibility index (Phi) is 5.46. The molecular formula is C17H22N2O3S. The van der Waals surface area contributed by atoms with Crippen molar-refractivity contribution >= 4 is 29.2 Å². The molecule has 1 atom stereocenters. The lowest BCUT2D eigenvalue weighted by Gasteiger charge is -2.38. The number of piperidine rings is 1. The van der Waals surface area contributed by atoms with E-state index in [1.54, 1.807) is 22.3 Å². The minimum absolute atomic E-state index is 0.0671. The number of hydrogen-bond donors (Lipinski definition) is 0. The van der Waals surface area contributed by atoms with Gasteiger partial charge in [-0.3, -0.25) is 9.59 Å². The van der Waals surface area contributed by atoms with Crippen LogP contribution < -0.4 is 0 Å². The third kappa shape index (κ3) is 4.00. The number of ether oxygens (including phenoxy) is 1. The highest BCUT2D eigenvalue weighted by Gasteiger charge is 2.34. The fourth-order valence-corrected chi connectivity index (χ4v) is 3.71. The predicted molar refractivity (Wildman–Crippen MR) is 90.1 cm³/mol.